The number of nitrogens with zero attached hydrogens (tertiary/aromatic N) is 2. The molecule has 0 radical (unpaired) electrons. The first-order valence-electron chi connectivity index (χ1n) is 9.84. The molecule has 0 amide bonds. The summed E-state index contributed by atoms with van der Waals surface area (Å²) in [5.74, 6) is -0.351. The maximum atomic E-state index is 14.3. The van der Waals surface area contributed by atoms with Gasteiger partial charge in [0.1, 0.15) is 5.83 Å². The molecule has 0 atom stereocenters. The highest BCUT2D eigenvalue weighted by Gasteiger charge is 2.19. The molecule has 32 heavy (non-hydrogen) atoms. The fourth-order valence-electron chi connectivity index (χ4n) is 3.54. The monoisotopic (exact) mass is 482 g/mol. The summed E-state index contributed by atoms with van der Waals surface area (Å²) >= 11 is 0. The van der Waals surface area contributed by atoms with E-state index in [1.807, 2.05) is 11.5 Å². The molecule has 3 aromatic rings. The Bertz CT molecular complexity index is 1310. The number of pyridine rings is 1. The van der Waals surface area contributed by atoms with Gasteiger partial charge in [-0.2, -0.15) is 0 Å². The molecular weight excluding hydrogens is 455 g/mol. The number of nitrogens with one attached hydrogen (secondary N) is 1. The zero-order chi connectivity index (χ0) is 22.9. The van der Waals surface area contributed by atoms with Gasteiger partial charge in [-0.3, -0.25) is 4.79 Å². The number of aromatic nitrogens is 2. The highest BCUT2D eigenvalue weighted by molar-refractivity contribution is 7.89. The lowest BCUT2D eigenvalue weighted by Gasteiger charge is -2.12. The third-order valence-electron chi connectivity index (χ3n) is 5.37. The molecule has 10 heteroatoms. The summed E-state index contributed by atoms with van der Waals surface area (Å²) in [6.07, 6.45) is 1.78. The van der Waals surface area contributed by atoms with Crippen LogP contribution in [0.3, 0.4) is 0 Å². The van der Waals surface area contributed by atoms with E-state index in [0.29, 0.717) is 17.5 Å². The van der Waals surface area contributed by atoms with Crippen molar-refractivity contribution in [3.05, 3.63) is 75.0 Å². The van der Waals surface area contributed by atoms with Crippen LogP contribution < -0.4 is 11.3 Å². The predicted molar refractivity (Wildman–Crippen MR) is 128 cm³/mol. The predicted octanol–water partition coefficient (Wildman–Crippen LogP) is 3.02. The molecule has 0 saturated heterocycles. The molecular formula is C22H28ClFN4O3S. The van der Waals surface area contributed by atoms with Crippen LogP contribution in [-0.2, 0) is 23.0 Å². The van der Waals surface area contributed by atoms with Crippen molar-refractivity contribution >= 4 is 33.5 Å². The Hall–Kier alpha value is -2.46. The number of halogens is 2. The zero-order valence-electron chi connectivity index (χ0n) is 18.5. The highest BCUT2D eigenvalue weighted by Crippen LogP contribution is 2.28. The molecule has 0 unspecified atom stereocenters. The van der Waals surface area contributed by atoms with Crippen LogP contribution in [0.25, 0.3) is 11.0 Å². The largest absolute Gasteiger partial charge is 0.337 e. The van der Waals surface area contributed by atoms with Gasteiger partial charge in [0.25, 0.3) is 5.56 Å². The third kappa shape index (κ3) is 4.96. The summed E-state index contributed by atoms with van der Waals surface area (Å²) in [5.41, 5.74) is 9.71. The van der Waals surface area contributed by atoms with Gasteiger partial charge in [0.2, 0.25) is 10.0 Å². The number of hydrogen-bond donors (Lipinski definition) is 2. The number of rotatable bonds is 7. The molecule has 0 bridgehead atoms. The second-order valence-corrected chi connectivity index (χ2v) is 9.84. The first-order chi connectivity index (χ1) is 14.6. The average Bonchev–Trinajstić information content (AvgIpc) is 2.94. The van der Waals surface area contributed by atoms with Gasteiger partial charge in [0, 0.05) is 43.9 Å². The summed E-state index contributed by atoms with van der Waals surface area (Å²) in [4.78, 5) is 15.4. The van der Waals surface area contributed by atoms with Crippen LogP contribution in [-0.4, -0.2) is 42.9 Å². The van der Waals surface area contributed by atoms with Crippen LogP contribution in [0.4, 0.5) is 4.39 Å². The first-order valence-corrected chi connectivity index (χ1v) is 11.3. The second-order valence-electron chi connectivity index (χ2n) is 7.69. The van der Waals surface area contributed by atoms with Crippen LogP contribution in [0.15, 0.2) is 51.9 Å². The van der Waals surface area contributed by atoms with Gasteiger partial charge in [-0.25, -0.2) is 17.1 Å². The summed E-state index contributed by atoms with van der Waals surface area (Å²) in [5, 5.41) is 0. The van der Waals surface area contributed by atoms with Crippen molar-refractivity contribution in [2.75, 3.05) is 20.6 Å². The standard InChI is InChI=1S/C22H27FN4O3S.ClH/c1-14-11-20-21(25-22(14)28)19(15(2)27(20)13-17(23)9-10-24)12-16-5-7-18(8-6-16)31(29,30)26(3)4;/h5-9,11H,10,12-13,24H2,1-4H3,(H,25,28);1H. The number of hydrogen-bond acceptors (Lipinski definition) is 4. The highest BCUT2D eigenvalue weighted by atomic mass is 35.5. The molecule has 3 rings (SSSR count). The van der Waals surface area contributed by atoms with E-state index in [0.717, 1.165) is 26.6 Å². The maximum Gasteiger partial charge on any atom is 0.251 e. The van der Waals surface area contributed by atoms with Gasteiger partial charge in [-0.1, -0.05) is 12.1 Å². The van der Waals surface area contributed by atoms with Gasteiger partial charge in [0.15, 0.2) is 0 Å². The SMILES string of the molecule is Cc1cc2c([nH]c1=O)c(Cc1ccc(S(=O)(=O)N(C)C)cc1)c(C)n2CC(F)=CCN.Cl. The van der Waals surface area contributed by atoms with E-state index in [4.69, 9.17) is 5.73 Å². The molecule has 174 valence electrons. The Labute approximate surface area is 193 Å². The molecule has 0 aliphatic rings. The smallest absolute Gasteiger partial charge is 0.251 e. The van der Waals surface area contributed by atoms with Crippen molar-refractivity contribution in [1.82, 2.24) is 13.9 Å². The van der Waals surface area contributed by atoms with E-state index in [2.05, 4.69) is 4.98 Å². The number of aryl methyl sites for hydroxylation is 1. The Morgan fingerprint density at radius 1 is 1.22 bits per heavy atom. The Kier molecular flexibility index (Phi) is 8.06. The molecule has 3 N–H and O–H groups in total. The number of sulfonamides is 1. The fourth-order valence-corrected chi connectivity index (χ4v) is 4.45. The lowest BCUT2D eigenvalue weighted by molar-refractivity contribution is 0.520. The van der Waals surface area contributed by atoms with Gasteiger partial charge in [0.05, 0.1) is 22.5 Å². The van der Waals surface area contributed by atoms with Crippen LogP contribution in [0.1, 0.15) is 22.4 Å². The molecule has 0 saturated carbocycles. The molecule has 1 aromatic carbocycles. The molecule has 2 aromatic heterocycles. The van der Waals surface area contributed by atoms with Gasteiger partial charge < -0.3 is 15.3 Å². The van der Waals surface area contributed by atoms with Crippen LogP contribution in [0.5, 0.6) is 0 Å². The molecule has 0 aliphatic carbocycles. The fraction of sp³-hybridized carbons (Fsp3) is 0.318. The topological polar surface area (TPSA) is 101 Å². The quantitative estimate of drug-likeness (QED) is 0.540. The maximum absolute atomic E-state index is 14.3. The van der Waals surface area contributed by atoms with Crippen molar-refractivity contribution in [2.45, 2.75) is 31.7 Å². The number of allylic oxidation sites excluding steroid dienone is 1. The number of benzene rings is 1. The van der Waals surface area contributed by atoms with Crippen LogP contribution >= 0.6 is 12.4 Å². The molecule has 0 aliphatic heterocycles. The summed E-state index contributed by atoms with van der Waals surface area (Å²) in [6.45, 7) is 3.71. The molecule has 0 fully saturated rings. The Morgan fingerprint density at radius 3 is 2.41 bits per heavy atom. The van der Waals surface area contributed by atoms with E-state index in [9.17, 15) is 17.6 Å². The summed E-state index contributed by atoms with van der Waals surface area (Å²) < 4.78 is 41.8. The number of H-pyrrole nitrogens is 1. The van der Waals surface area contributed by atoms with Crippen molar-refractivity contribution in [2.24, 2.45) is 5.73 Å². The minimum atomic E-state index is -3.51. The minimum absolute atomic E-state index is 0. The van der Waals surface area contributed by atoms with E-state index >= 15 is 0 Å². The van der Waals surface area contributed by atoms with Crippen molar-refractivity contribution < 1.29 is 12.8 Å². The number of aromatic amines is 1. The van der Waals surface area contributed by atoms with E-state index in [-0.39, 0.29) is 41.8 Å². The lowest BCUT2D eigenvalue weighted by Crippen LogP contribution is -2.22. The average molecular weight is 483 g/mol. The summed E-state index contributed by atoms with van der Waals surface area (Å²) in [6, 6.07) is 8.39. The number of fused-ring (bicyclic) bond motifs is 1. The minimum Gasteiger partial charge on any atom is -0.337 e. The van der Waals surface area contributed by atoms with Crippen molar-refractivity contribution in [3.8, 4) is 0 Å². The van der Waals surface area contributed by atoms with E-state index in [1.165, 1.54) is 20.2 Å². The lowest BCUT2D eigenvalue weighted by atomic mass is 10.0. The van der Waals surface area contributed by atoms with Crippen LogP contribution in [0.2, 0.25) is 0 Å². The second kappa shape index (κ2) is 9.99. The van der Waals surface area contributed by atoms with Gasteiger partial charge in [-0.15, -0.1) is 12.4 Å². The Morgan fingerprint density at radius 2 is 1.84 bits per heavy atom. The third-order valence-corrected chi connectivity index (χ3v) is 7.20. The van der Waals surface area contributed by atoms with Gasteiger partial charge in [-0.05, 0) is 43.7 Å². The zero-order valence-corrected chi connectivity index (χ0v) is 20.1. The molecule has 7 nitrogen and oxygen atoms in total. The van der Waals surface area contributed by atoms with Crippen molar-refractivity contribution in [1.29, 1.82) is 0 Å². The van der Waals surface area contributed by atoms with E-state index in [1.54, 1.807) is 37.3 Å². The molecule has 0 spiro atoms. The first kappa shape index (κ1) is 25.8. The normalized spacial score (nSPS) is 12.4. The Balaban J connectivity index is 0.00000363. The van der Waals surface area contributed by atoms with E-state index < -0.39 is 10.0 Å². The summed E-state index contributed by atoms with van der Waals surface area (Å²) in [7, 11) is -0.543. The number of nitrogens with two attached hydrogens (primary N) is 1. The van der Waals surface area contributed by atoms with Crippen LogP contribution in [0, 0.1) is 13.8 Å². The van der Waals surface area contributed by atoms with Gasteiger partial charge >= 0.3 is 0 Å². The molecule has 2 heterocycles. The van der Waals surface area contributed by atoms with Crippen molar-refractivity contribution in [3.63, 3.8) is 0 Å².